The molecule has 0 aliphatic rings. The third-order valence-electron chi connectivity index (χ3n) is 1.44. The van der Waals surface area contributed by atoms with Crippen LogP contribution in [0.15, 0.2) is 35.3 Å². The Labute approximate surface area is 81.6 Å². The van der Waals surface area contributed by atoms with Gasteiger partial charge in [0.15, 0.2) is 0 Å². The molecule has 0 aliphatic heterocycles. The van der Waals surface area contributed by atoms with Crippen molar-refractivity contribution in [1.29, 1.82) is 0 Å². The minimum atomic E-state index is -0.653. The van der Waals surface area contributed by atoms with E-state index in [9.17, 15) is 4.79 Å². The molecule has 1 amide bonds. The highest BCUT2D eigenvalue weighted by Gasteiger charge is 2.03. The van der Waals surface area contributed by atoms with Gasteiger partial charge in [-0.05, 0) is 12.1 Å². The average molecular weight is 193 g/mol. The molecule has 1 aromatic carbocycles. The van der Waals surface area contributed by atoms with E-state index >= 15 is 0 Å². The lowest BCUT2D eigenvalue weighted by atomic mass is 10.3. The molecular weight excluding hydrogens is 182 g/mol. The van der Waals surface area contributed by atoms with Crippen molar-refractivity contribution in [2.75, 3.05) is 12.4 Å². The van der Waals surface area contributed by atoms with E-state index in [1.165, 1.54) is 7.05 Å². The Balaban J connectivity index is 2.50. The second-order valence-corrected chi connectivity index (χ2v) is 2.44. The minimum Gasteiger partial charge on any atom is -0.376 e. The van der Waals surface area contributed by atoms with E-state index in [-0.39, 0.29) is 6.02 Å². The Bertz CT molecular complexity index is 335. The molecule has 1 aromatic rings. The van der Waals surface area contributed by atoms with Gasteiger partial charge in [-0.15, -0.1) is 0 Å². The number of amidine groups is 1. The van der Waals surface area contributed by atoms with Crippen molar-refractivity contribution < 1.29 is 9.53 Å². The maximum atomic E-state index is 11.1. The maximum Gasteiger partial charge on any atom is 0.419 e. The number of carbonyl (C=O) groups is 1. The van der Waals surface area contributed by atoms with E-state index in [0.29, 0.717) is 5.69 Å². The predicted octanol–water partition coefficient (Wildman–Crippen LogP) is 1.18. The van der Waals surface area contributed by atoms with Crippen LogP contribution >= 0.6 is 0 Å². The number of hydrogen-bond acceptors (Lipinski definition) is 3. The van der Waals surface area contributed by atoms with E-state index in [1.807, 2.05) is 6.07 Å². The van der Waals surface area contributed by atoms with Crippen LogP contribution in [-0.4, -0.2) is 19.2 Å². The summed E-state index contributed by atoms with van der Waals surface area (Å²) in [6.07, 6.45) is -0.653. The molecule has 0 aliphatic carbocycles. The highest BCUT2D eigenvalue weighted by molar-refractivity contribution is 5.93. The Morgan fingerprint density at radius 1 is 1.43 bits per heavy atom. The van der Waals surface area contributed by atoms with Gasteiger partial charge in [-0.2, -0.15) is 0 Å². The molecular formula is C9H11N3O2. The lowest BCUT2D eigenvalue weighted by Gasteiger charge is -2.04. The third kappa shape index (κ3) is 3.14. The lowest BCUT2D eigenvalue weighted by molar-refractivity contribution is 0.211. The van der Waals surface area contributed by atoms with Crippen molar-refractivity contribution >= 4 is 17.8 Å². The number of nitrogens with one attached hydrogen (secondary N) is 1. The highest BCUT2D eigenvalue weighted by atomic mass is 16.6. The van der Waals surface area contributed by atoms with Crippen LogP contribution in [-0.2, 0) is 4.74 Å². The van der Waals surface area contributed by atoms with Crippen LogP contribution < -0.4 is 11.1 Å². The van der Waals surface area contributed by atoms with E-state index in [1.54, 1.807) is 24.3 Å². The Hall–Kier alpha value is -2.04. The van der Waals surface area contributed by atoms with Crippen LogP contribution in [0.2, 0.25) is 0 Å². The first-order valence-corrected chi connectivity index (χ1v) is 3.98. The number of benzene rings is 1. The zero-order valence-electron chi connectivity index (χ0n) is 7.73. The van der Waals surface area contributed by atoms with Gasteiger partial charge in [0.1, 0.15) is 0 Å². The minimum absolute atomic E-state index is 0.168. The molecule has 0 saturated heterocycles. The second-order valence-electron chi connectivity index (χ2n) is 2.44. The molecule has 0 bridgehead atoms. The fraction of sp³-hybridized carbons (Fsp3) is 0.111. The Kier molecular flexibility index (Phi) is 3.49. The summed E-state index contributed by atoms with van der Waals surface area (Å²) in [5, 5.41) is 2.49. The summed E-state index contributed by atoms with van der Waals surface area (Å²) in [5.41, 5.74) is 5.83. The van der Waals surface area contributed by atoms with Gasteiger partial charge in [0.25, 0.3) is 6.02 Å². The summed E-state index contributed by atoms with van der Waals surface area (Å²) in [5.74, 6) is 0. The van der Waals surface area contributed by atoms with Crippen LogP contribution in [0.3, 0.4) is 0 Å². The first kappa shape index (κ1) is 10.0. The Morgan fingerprint density at radius 2 is 2.07 bits per heavy atom. The van der Waals surface area contributed by atoms with Crippen molar-refractivity contribution in [3.05, 3.63) is 30.3 Å². The number of amides is 1. The summed E-state index contributed by atoms with van der Waals surface area (Å²) in [7, 11) is 1.44. The van der Waals surface area contributed by atoms with Gasteiger partial charge in [0.05, 0.1) is 0 Å². The molecule has 0 saturated carbocycles. The summed E-state index contributed by atoms with van der Waals surface area (Å²) in [4.78, 5) is 14.6. The number of aliphatic imine (C=N–C) groups is 1. The van der Waals surface area contributed by atoms with Gasteiger partial charge in [-0.25, -0.2) is 9.79 Å². The third-order valence-corrected chi connectivity index (χ3v) is 1.44. The van der Waals surface area contributed by atoms with Gasteiger partial charge < -0.3 is 10.5 Å². The van der Waals surface area contributed by atoms with Gasteiger partial charge in [0, 0.05) is 12.7 Å². The van der Waals surface area contributed by atoms with E-state index in [4.69, 9.17) is 5.73 Å². The van der Waals surface area contributed by atoms with Crippen molar-refractivity contribution in [2.45, 2.75) is 0 Å². The summed E-state index contributed by atoms with van der Waals surface area (Å²) in [6, 6.07) is 8.75. The zero-order valence-corrected chi connectivity index (χ0v) is 7.73. The lowest BCUT2D eigenvalue weighted by Crippen LogP contribution is -2.24. The number of nitrogens with zero attached hydrogens (tertiary/aromatic N) is 1. The molecule has 3 N–H and O–H groups in total. The monoisotopic (exact) mass is 193 g/mol. The van der Waals surface area contributed by atoms with E-state index < -0.39 is 6.09 Å². The molecule has 74 valence electrons. The molecule has 0 unspecified atom stereocenters. The predicted molar refractivity (Wildman–Crippen MR) is 54.1 cm³/mol. The number of hydrogen-bond donors (Lipinski definition) is 2. The average Bonchev–Trinajstić information content (AvgIpc) is 2.19. The first-order valence-electron chi connectivity index (χ1n) is 3.98. The number of anilines is 1. The summed E-state index contributed by atoms with van der Waals surface area (Å²) < 4.78 is 4.58. The second kappa shape index (κ2) is 4.86. The number of para-hydroxylation sites is 1. The standard InChI is InChI=1S/C9H11N3O2/c1-11-8(10)14-9(13)12-7-5-3-2-4-6-7/h2-6H,1H3,(H2,10,11)(H,12,13). The molecule has 0 atom stereocenters. The SMILES string of the molecule is CN=C(N)OC(=O)Nc1ccccc1. The van der Waals surface area contributed by atoms with Gasteiger partial charge >= 0.3 is 6.09 Å². The fourth-order valence-electron chi connectivity index (χ4n) is 0.805. The van der Waals surface area contributed by atoms with Crippen molar-refractivity contribution in [1.82, 2.24) is 0 Å². The van der Waals surface area contributed by atoms with E-state index in [2.05, 4.69) is 15.0 Å². The maximum absolute atomic E-state index is 11.1. The molecule has 14 heavy (non-hydrogen) atoms. The first-order chi connectivity index (χ1) is 6.72. The number of ether oxygens (including phenoxy) is 1. The molecule has 0 radical (unpaired) electrons. The van der Waals surface area contributed by atoms with Gasteiger partial charge in [-0.1, -0.05) is 18.2 Å². The van der Waals surface area contributed by atoms with Crippen molar-refractivity contribution in [3.63, 3.8) is 0 Å². The number of rotatable bonds is 1. The van der Waals surface area contributed by atoms with Crippen molar-refractivity contribution in [2.24, 2.45) is 10.7 Å². The van der Waals surface area contributed by atoms with Crippen LogP contribution in [0.1, 0.15) is 0 Å². The largest absolute Gasteiger partial charge is 0.419 e. The van der Waals surface area contributed by atoms with Crippen molar-refractivity contribution in [3.8, 4) is 0 Å². The fourth-order valence-corrected chi connectivity index (χ4v) is 0.805. The molecule has 0 heterocycles. The van der Waals surface area contributed by atoms with Crippen LogP contribution in [0.4, 0.5) is 10.5 Å². The zero-order chi connectivity index (χ0) is 10.4. The smallest absolute Gasteiger partial charge is 0.376 e. The molecule has 5 nitrogen and oxygen atoms in total. The normalized spacial score (nSPS) is 10.8. The Morgan fingerprint density at radius 3 is 2.64 bits per heavy atom. The molecule has 0 fully saturated rings. The summed E-state index contributed by atoms with van der Waals surface area (Å²) >= 11 is 0. The van der Waals surface area contributed by atoms with Crippen LogP contribution in [0.25, 0.3) is 0 Å². The molecule has 5 heteroatoms. The quantitative estimate of drug-likeness (QED) is 0.519. The number of carbonyl (C=O) groups excluding carboxylic acids is 1. The van der Waals surface area contributed by atoms with Crippen LogP contribution in [0.5, 0.6) is 0 Å². The van der Waals surface area contributed by atoms with Gasteiger partial charge in [-0.3, -0.25) is 5.32 Å². The molecule has 0 aromatic heterocycles. The van der Waals surface area contributed by atoms with E-state index in [0.717, 1.165) is 0 Å². The van der Waals surface area contributed by atoms with Crippen LogP contribution in [0, 0.1) is 0 Å². The number of nitrogens with two attached hydrogens (primary N) is 1. The topological polar surface area (TPSA) is 76.7 Å². The molecule has 1 rings (SSSR count). The summed E-state index contributed by atoms with van der Waals surface area (Å²) in [6.45, 7) is 0. The molecule has 0 spiro atoms. The highest BCUT2D eigenvalue weighted by Crippen LogP contribution is 2.04. The van der Waals surface area contributed by atoms with Gasteiger partial charge in [0.2, 0.25) is 0 Å².